The van der Waals surface area contributed by atoms with Gasteiger partial charge < -0.3 is 9.72 Å². The highest BCUT2D eigenvalue weighted by molar-refractivity contribution is 6.01. The molecule has 96 valence electrons. The summed E-state index contributed by atoms with van der Waals surface area (Å²) in [6.07, 6.45) is 0. The van der Waals surface area contributed by atoms with E-state index in [2.05, 4.69) is 30.7 Å². The van der Waals surface area contributed by atoms with E-state index in [0.717, 1.165) is 11.3 Å². The van der Waals surface area contributed by atoms with Gasteiger partial charge in [0.1, 0.15) is 11.3 Å². The Morgan fingerprint density at radius 1 is 1.33 bits per heavy atom. The van der Waals surface area contributed by atoms with Crippen LogP contribution >= 0.6 is 0 Å². The summed E-state index contributed by atoms with van der Waals surface area (Å²) in [6, 6.07) is 5.49. The third-order valence-corrected chi connectivity index (χ3v) is 3.37. The molecule has 1 atom stereocenters. The molecule has 0 radical (unpaired) electrons. The van der Waals surface area contributed by atoms with Crippen LogP contribution in [-0.2, 0) is 4.74 Å². The minimum atomic E-state index is -0.351. The Morgan fingerprint density at radius 3 is 2.67 bits per heavy atom. The molecule has 1 N–H and O–H groups in total. The number of aromatic nitrogens is 2. The molecule has 2 rings (SSSR count). The summed E-state index contributed by atoms with van der Waals surface area (Å²) in [5.74, 6) is 1.38. The summed E-state index contributed by atoms with van der Waals surface area (Å²) >= 11 is 0. The maximum atomic E-state index is 11.7. The van der Waals surface area contributed by atoms with Crippen LogP contribution in [0.5, 0.6) is 0 Å². The number of H-pyrrole nitrogens is 1. The summed E-state index contributed by atoms with van der Waals surface area (Å²) in [4.78, 5) is 19.5. The average molecular weight is 246 g/mol. The number of para-hydroxylation sites is 1. The fourth-order valence-corrected chi connectivity index (χ4v) is 1.86. The summed E-state index contributed by atoms with van der Waals surface area (Å²) in [6.45, 7) is 6.43. The van der Waals surface area contributed by atoms with Gasteiger partial charge in [0.15, 0.2) is 0 Å². The number of carbonyl (C=O) groups excluding carboxylic acids is 1. The summed E-state index contributed by atoms with van der Waals surface area (Å²) in [5.41, 5.74) is 2.07. The van der Waals surface area contributed by atoms with Crippen molar-refractivity contribution in [2.24, 2.45) is 5.92 Å². The number of nitrogens with one attached hydrogen (secondary N) is 1. The Balaban J connectivity index is 2.54. The Labute approximate surface area is 106 Å². The van der Waals surface area contributed by atoms with E-state index in [0.29, 0.717) is 22.9 Å². The molecule has 0 saturated carbocycles. The molecule has 18 heavy (non-hydrogen) atoms. The van der Waals surface area contributed by atoms with E-state index < -0.39 is 0 Å². The Hall–Kier alpha value is -1.84. The number of hydrogen-bond acceptors (Lipinski definition) is 3. The number of benzene rings is 1. The van der Waals surface area contributed by atoms with Gasteiger partial charge in [-0.05, 0) is 18.1 Å². The highest BCUT2D eigenvalue weighted by atomic mass is 16.5. The van der Waals surface area contributed by atoms with Crippen LogP contribution in [0, 0.1) is 5.92 Å². The van der Waals surface area contributed by atoms with Gasteiger partial charge in [-0.25, -0.2) is 9.78 Å². The lowest BCUT2D eigenvalue weighted by Gasteiger charge is -2.11. The molecule has 0 saturated heterocycles. The minimum Gasteiger partial charge on any atom is -0.465 e. The molecule has 2 aromatic rings. The van der Waals surface area contributed by atoms with Gasteiger partial charge >= 0.3 is 5.97 Å². The zero-order valence-electron chi connectivity index (χ0n) is 11.2. The van der Waals surface area contributed by atoms with Crippen molar-refractivity contribution in [2.45, 2.75) is 26.7 Å². The van der Waals surface area contributed by atoms with Crippen LogP contribution in [0.15, 0.2) is 18.2 Å². The number of aromatic amines is 1. The zero-order valence-corrected chi connectivity index (χ0v) is 11.2. The van der Waals surface area contributed by atoms with Crippen LogP contribution < -0.4 is 0 Å². The van der Waals surface area contributed by atoms with E-state index in [4.69, 9.17) is 4.74 Å². The van der Waals surface area contributed by atoms with Crippen molar-refractivity contribution >= 4 is 17.0 Å². The lowest BCUT2D eigenvalue weighted by Crippen LogP contribution is -2.04. The molecule has 1 heterocycles. The Morgan fingerprint density at radius 2 is 2.06 bits per heavy atom. The number of carbonyl (C=O) groups is 1. The van der Waals surface area contributed by atoms with Crippen molar-refractivity contribution in [3.63, 3.8) is 0 Å². The first-order valence-corrected chi connectivity index (χ1v) is 6.11. The standard InChI is InChI=1S/C14H18N2O2/c1-8(2)9(3)13-15-11-7-5-6-10(12(11)16-13)14(17)18-4/h5-9H,1-4H3,(H,15,16). The molecule has 1 unspecified atom stereocenters. The molecule has 0 bridgehead atoms. The maximum Gasteiger partial charge on any atom is 0.340 e. The van der Waals surface area contributed by atoms with E-state index in [-0.39, 0.29) is 5.97 Å². The first-order valence-electron chi connectivity index (χ1n) is 6.11. The first kappa shape index (κ1) is 12.6. The molecule has 4 heteroatoms. The highest BCUT2D eigenvalue weighted by Crippen LogP contribution is 2.25. The van der Waals surface area contributed by atoms with Crippen molar-refractivity contribution in [1.82, 2.24) is 9.97 Å². The van der Waals surface area contributed by atoms with Gasteiger partial charge in [-0.15, -0.1) is 0 Å². The normalized spacial score (nSPS) is 12.9. The number of methoxy groups -OCH3 is 1. The first-order chi connectivity index (χ1) is 8.54. The average Bonchev–Trinajstić information content (AvgIpc) is 2.80. The van der Waals surface area contributed by atoms with E-state index in [1.807, 2.05) is 12.1 Å². The number of fused-ring (bicyclic) bond motifs is 1. The SMILES string of the molecule is COC(=O)c1cccc2[nH]c(C(C)C(C)C)nc12. The third kappa shape index (κ3) is 2.10. The molecule has 0 amide bonds. The predicted octanol–water partition coefficient (Wildman–Crippen LogP) is 3.11. The number of ether oxygens (including phenoxy) is 1. The van der Waals surface area contributed by atoms with Crippen LogP contribution in [0.2, 0.25) is 0 Å². The topological polar surface area (TPSA) is 55.0 Å². The van der Waals surface area contributed by atoms with E-state index in [1.165, 1.54) is 7.11 Å². The van der Waals surface area contributed by atoms with Gasteiger partial charge in [-0.1, -0.05) is 26.8 Å². The molecule has 0 fully saturated rings. The Bertz CT molecular complexity index is 572. The van der Waals surface area contributed by atoms with Crippen LogP contribution in [0.4, 0.5) is 0 Å². The fourth-order valence-electron chi connectivity index (χ4n) is 1.86. The van der Waals surface area contributed by atoms with Crippen molar-refractivity contribution in [3.8, 4) is 0 Å². The second-order valence-corrected chi connectivity index (χ2v) is 4.85. The van der Waals surface area contributed by atoms with Crippen molar-refractivity contribution in [1.29, 1.82) is 0 Å². The third-order valence-electron chi connectivity index (χ3n) is 3.37. The highest BCUT2D eigenvalue weighted by Gasteiger charge is 2.18. The van der Waals surface area contributed by atoms with Gasteiger partial charge in [0.05, 0.1) is 18.2 Å². The fraction of sp³-hybridized carbons (Fsp3) is 0.429. The maximum absolute atomic E-state index is 11.7. The molecular formula is C14H18N2O2. The summed E-state index contributed by atoms with van der Waals surface area (Å²) in [5, 5.41) is 0. The van der Waals surface area contributed by atoms with Crippen molar-refractivity contribution in [2.75, 3.05) is 7.11 Å². The molecule has 1 aromatic heterocycles. The van der Waals surface area contributed by atoms with E-state index >= 15 is 0 Å². The number of imidazole rings is 1. The molecular weight excluding hydrogens is 228 g/mol. The molecule has 4 nitrogen and oxygen atoms in total. The number of rotatable bonds is 3. The summed E-state index contributed by atoms with van der Waals surface area (Å²) < 4.78 is 4.77. The molecule has 1 aromatic carbocycles. The number of nitrogens with zero attached hydrogens (tertiary/aromatic N) is 1. The smallest absolute Gasteiger partial charge is 0.340 e. The number of hydrogen-bond donors (Lipinski definition) is 1. The largest absolute Gasteiger partial charge is 0.465 e. The van der Waals surface area contributed by atoms with E-state index in [1.54, 1.807) is 6.07 Å². The van der Waals surface area contributed by atoms with Crippen molar-refractivity contribution in [3.05, 3.63) is 29.6 Å². The van der Waals surface area contributed by atoms with Crippen LogP contribution in [-0.4, -0.2) is 23.0 Å². The minimum absolute atomic E-state index is 0.322. The van der Waals surface area contributed by atoms with Crippen LogP contribution in [0.25, 0.3) is 11.0 Å². The van der Waals surface area contributed by atoms with Crippen LogP contribution in [0.3, 0.4) is 0 Å². The zero-order chi connectivity index (χ0) is 13.3. The second kappa shape index (κ2) is 4.80. The quantitative estimate of drug-likeness (QED) is 0.846. The Kier molecular flexibility index (Phi) is 3.36. The molecule has 0 spiro atoms. The van der Waals surface area contributed by atoms with Crippen LogP contribution in [0.1, 0.15) is 42.9 Å². The van der Waals surface area contributed by atoms with Gasteiger partial charge in [0.25, 0.3) is 0 Å². The summed E-state index contributed by atoms with van der Waals surface area (Å²) in [7, 11) is 1.38. The lowest BCUT2D eigenvalue weighted by atomic mass is 9.98. The monoisotopic (exact) mass is 246 g/mol. The van der Waals surface area contributed by atoms with Crippen molar-refractivity contribution < 1.29 is 9.53 Å². The van der Waals surface area contributed by atoms with Gasteiger partial charge in [0.2, 0.25) is 0 Å². The predicted molar refractivity (Wildman–Crippen MR) is 70.7 cm³/mol. The molecule has 0 aliphatic rings. The van der Waals surface area contributed by atoms with Gasteiger partial charge in [0, 0.05) is 5.92 Å². The van der Waals surface area contributed by atoms with E-state index in [9.17, 15) is 4.79 Å². The van der Waals surface area contributed by atoms with Gasteiger partial charge in [-0.3, -0.25) is 0 Å². The lowest BCUT2D eigenvalue weighted by molar-refractivity contribution is 0.0603. The second-order valence-electron chi connectivity index (χ2n) is 4.85. The molecule has 0 aliphatic heterocycles. The van der Waals surface area contributed by atoms with Gasteiger partial charge in [-0.2, -0.15) is 0 Å². The molecule has 0 aliphatic carbocycles. The number of esters is 1.